The van der Waals surface area contributed by atoms with Crippen LogP contribution in [0.5, 0.6) is 11.5 Å². The quantitative estimate of drug-likeness (QED) is 0.431. The topological polar surface area (TPSA) is 108 Å². The van der Waals surface area contributed by atoms with Gasteiger partial charge < -0.3 is 19.1 Å². The summed E-state index contributed by atoms with van der Waals surface area (Å²) in [4.78, 5) is 37.0. The van der Waals surface area contributed by atoms with Crippen molar-refractivity contribution in [1.29, 1.82) is 0 Å². The molecule has 0 saturated carbocycles. The molecule has 0 aromatic heterocycles. The molecule has 9 heteroatoms. The number of methoxy groups -OCH3 is 2. The van der Waals surface area contributed by atoms with E-state index in [0.717, 1.165) is 25.3 Å². The van der Waals surface area contributed by atoms with Gasteiger partial charge >= 0.3 is 5.97 Å². The Kier molecular flexibility index (Phi) is 6.37. The Hall–Kier alpha value is -2.84. The van der Waals surface area contributed by atoms with E-state index in [1.807, 2.05) is 0 Å². The van der Waals surface area contributed by atoms with Crippen LogP contribution in [-0.2, 0) is 9.53 Å². The highest BCUT2D eigenvalue weighted by molar-refractivity contribution is 5.96. The molecule has 1 saturated heterocycles. The lowest BCUT2D eigenvalue weighted by molar-refractivity contribution is -0.385. The molecule has 0 N–H and O–H groups in total. The van der Waals surface area contributed by atoms with Gasteiger partial charge in [0.25, 0.3) is 11.6 Å². The van der Waals surface area contributed by atoms with Gasteiger partial charge in [0, 0.05) is 19.2 Å². The number of hydrogen-bond donors (Lipinski definition) is 0. The minimum Gasteiger partial charge on any atom is -0.493 e. The zero-order chi connectivity index (χ0) is 19.3. The summed E-state index contributed by atoms with van der Waals surface area (Å²) in [6, 6.07) is 2.27. The second-order valence-electron chi connectivity index (χ2n) is 5.91. The van der Waals surface area contributed by atoms with Crippen molar-refractivity contribution in [1.82, 2.24) is 4.90 Å². The van der Waals surface area contributed by atoms with Crippen LogP contribution >= 0.6 is 0 Å². The molecule has 0 bridgehead atoms. The molecular weight excluding hydrogens is 344 g/mol. The average molecular weight is 366 g/mol. The standard InChI is InChI=1S/C17H22N2O7/c1-11(16(20)18-7-5-4-6-8-18)26-17(21)12-9-14(24-2)15(25-3)10-13(12)19(22)23/h9-11H,4-8H2,1-3H3/t11-/m1/s1. The second kappa shape index (κ2) is 8.50. The van der Waals surface area contributed by atoms with Crippen molar-refractivity contribution in [2.75, 3.05) is 27.3 Å². The van der Waals surface area contributed by atoms with E-state index in [1.54, 1.807) is 4.90 Å². The predicted molar refractivity (Wildman–Crippen MR) is 91.5 cm³/mol. The van der Waals surface area contributed by atoms with Crippen molar-refractivity contribution in [2.45, 2.75) is 32.3 Å². The zero-order valence-electron chi connectivity index (χ0n) is 15.0. The highest BCUT2D eigenvalue weighted by Crippen LogP contribution is 2.35. The summed E-state index contributed by atoms with van der Waals surface area (Å²) in [7, 11) is 2.68. The molecule has 1 aromatic carbocycles. The number of nitro benzene ring substituents is 1. The third-order valence-electron chi connectivity index (χ3n) is 4.22. The van der Waals surface area contributed by atoms with E-state index < -0.39 is 22.7 Å². The molecule has 9 nitrogen and oxygen atoms in total. The van der Waals surface area contributed by atoms with Crippen LogP contribution in [-0.4, -0.2) is 55.1 Å². The van der Waals surface area contributed by atoms with E-state index in [2.05, 4.69) is 0 Å². The number of nitrogens with zero attached hydrogens (tertiary/aromatic N) is 2. The van der Waals surface area contributed by atoms with E-state index in [1.165, 1.54) is 27.2 Å². The zero-order valence-corrected chi connectivity index (χ0v) is 15.0. The molecule has 0 aliphatic carbocycles. The number of likely N-dealkylation sites (tertiary alicyclic amines) is 1. The highest BCUT2D eigenvalue weighted by Gasteiger charge is 2.30. The van der Waals surface area contributed by atoms with Gasteiger partial charge in [-0.3, -0.25) is 14.9 Å². The minimum atomic E-state index is -1.03. The molecule has 0 radical (unpaired) electrons. The fourth-order valence-electron chi connectivity index (χ4n) is 2.83. The Balaban J connectivity index is 2.22. The number of hydrogen-bond acceptors (Lipinski definition) is 7. The predicted octanol–water partition coefficient (Wildman–Crippen LogP) is 2.17. The van der Waals surface area contributed by atoms with E-state index in [9.17, 15) is 19.7 Å². The molecule has 1 aliphatic heterocycles. The van der Waals surface area contributed by atoms with Gasteiger partial charge in [0.2, 0.25) is 0 Å². The lowest BCUT2D eigenvalue weighted by Gasteiger charge is -2.28. The third-order valence-corrected chi connectivity index (χ3v) is 4.22. The van der Waals surface area contributed by atoms with Crippen LogP contribution in [0.4, 0.5) is 5.69 Å². The van der Waals surface area contributed by atoms with Gasteiger partial charge in [0.05, 0.1) is 25.2 Å². The van der Waals surface area contributed by atoms with Crippen molar-refractivity contribution in [2.24, 2.45) is 0 Å². The molecule has 1 fully saturated rings. The van der Waals surface area contributed by atoms with Gasteiger partial charge in [-0.05, 0) is 26.2 Å². The number of rotatable bonds is 6. The molecule has 142 valence electrons. The molecule has 2 rings (SSSR count). The number of amides is 1. The molecular formula is C17H22N2O7. The van der Waals surface area contributed by atoms with Crippen LogP contribution in [0.15, 0.2) is 12.1 Å². The Morgan fingerprint density at radius 2 is 1.69 bits per heavy atom. The number of benzene rings is 1. The van der Waals surface area contributed by atoms with E-state index in [-0.39, 0.29) is 23.0 Å². The number of carbonyl (C=O) groups is 2. The van der Waals surface area contributed by atoms with Gasteiger partial charge in [-0.2, -0.15) is 0 Å². The minimum absolute atomic E-state index is 0.119. The number of carbonyl (C=O) groups excluding carboxylic acids is 2. The number of esters is 1. The van der Waals surface area contributed by atoms with Crippen molar-refractivity contribution < 1.29 is 28.7 Å². The summed E-state index contributed by atoms with van der Waals surface area (Å²) in [5.41, 5.74) is -0.781. The molecule has 1 aliphatic rings. The molecule has 0 spiro atoms. The first-order valence-corrected chi connectivity index (χ1v) is 8.29. The fourth-order valence-corrected chi connectivity index (χ4v) is 2.83. The number of nitro groups is 1. The average Bonchev–Trinajstić information content (AvgIpc) is 2.66. The number of piperidine rings is 1. The van der Waals surface area contributed by atoms with Crippen molar-refractivity contribution >= 4 is 17.6 Å². The van der Waals surface area contributed by atoms with Crippen molar-refractivity contribution in [3.8, 4) is 11.5 Å². The van der Waals surface area contributed by atoms with E-state index in [4.69, 9.17) is 14.2 Å². The fraction of sp³-hybridized carbons (Fsp3) is 0.529. The first-order valence-electron chi connectivity index (χ1n) is 8.29. The summed E-state index contributed by atoms with van der Waals surface area (Å²) < 4.78 is 15.3. The van der Waals surface area contributed by atoms with E-state index in [0.29, 0.717) is 13.1 Å². The Labute approximate surface area is 151 Å². The summed E-state index contributed by atoms with van der Waals surface area (Å²) >= 11 is 0. The van der Waals surface area contributed by atoms with Gasteiger partial charge in [0.15, 0.2) is 17.6 Å². The van der Waals surface area contributed by atoms with Gasteiger partial charge in [0.1, 0.15) is 5.56 Å². The SMILES string of the molecule is COc1cc(C(=O)O[C@H](C)C(=O)N2CCCCC2)c([N+](=O)[O-])cc1OC. The first kappa shape index (κ1) is 19.5. The highest BCUT2D eigenvalue weighted by atomic mass is 16.6. The van der Waals surface area contributed by atoms with Crippen LogP contribution in [0.3, 0.4) is 0 Å². The summed E-state index contributed by atoms with van der Waals surface area (Å²) in [6.45, 7) is 2.70. The summed E-state index contributed by atoms with van der Waals surface area (Å²) in [5, 5.41) is 11.3. The van der Waals surface area contributed by atoms with Gasteiger partial charge in [-0.1, -0.05) is 0 Å². The van der Waals surface area contributed by atoms with E-state index >= 15 is 0 Å². The Morgan fingerprint density at radius 1 is 1.12 bits per heavy atom. The normalized spacial score (nSPS) is 15.1. The lowest BCUT2D eigenvalue weighted by Crippen LogP contribution is -2.42. The van der Waals surface area contributed by atoms with Crippen LogP contribution in [0.2, 0.25) is 0 Å². The maximum atomic E-state index is 12.4. The van der Waals surface area contributed by atoms with Crippen molar-refractivity contribution in [3.63, 3.8) is 0 Å². The lowest BCUT2D eigenvalue weighted by atomic mass is 10.1. The molecule has 1 aromatic rings. The van der Waals surface area contributed by atoms with Gasteiger partial charge in [-0.25, -0.2) is 4.79 Å². The smallest absolute Gasteiger partial charge is 0.346 e. The summed E-state index contributed by atoms with van der Waals surface area (Å²) in [5.74, 6) is -0.995. The Morgan fingerprint density at radius 3 is 2.23 bits per heavy atom. The Bertz CT molecular complexity index is 699. The maximum Gasteiger partial charge on any atom is 0.346 e. The van der Waals surface area contributed by atoms with Crippen LogP contribution in [0.25, 0.3) is 0 Å². The molecule has 1 atom stereocenters. The largest absolute Gasteiger partial charge is 0.493 e. The van der Waals surface area contributed by atoms with Crippen LogP contribution in [0.1, 0.15) is 36.5 Å². The molecule has 26 heavy (non-hydrogen) atoms. The molecule has 1 amide bonds. The summed E-state index contributed by atoms with van der Waals surface area (Å²) in [6.07, 6.45) is 1.85. The van der Waals surface area contributed by atoms with Gasteiger partial charge in [-0.15, -0.1) is 0 Å². The monoisotopic (exact) mass is 366 g/mol. The second-order valence-corrected chi connectivity index (χ2v) is 5.91. The van der Waals surface area contributed by atoms with Crippen LogP contribution < -0.4 is 9.47 Å². The first-order chi connectivity index (χ1) is 12.4. The van der Waals surface area contributed by atoms with Crippen molar-refractivity contribution in [3.05, 3.63) is 27.8 Å². The molecule has 1 heterocycles. The maximum absolute atomic E-state index is 12.4. The number of ether oxygens (including phenoxy) is 3. The third kappa shape index (κ3) is 4.22. The molecule has 0 unspecified atom stereocenters. The van der Waals surface area contributed by atoms with Crippen LogP contribution in [0, 0.1) is 10.1 Å².